The number of hydrogen-bond donors (Lipinski definition) is 0. The van der Waals surface area contributed by atoms with Gasteiger partial charge in [-0.25, -0.2) is 4.68 Å². The van der Waals surface area contributed by atoms with Crippen molar-refractivity contribution in [1.29, 1.82) is 0 Å². The van der Waals surface area contributed by atoms with Gasteiger partial charge in [0.05, 0.1) is 26.0 Å². The molecular formula is C17H19N3O4. The van der Waals surface area contributed by atoms with E-state index in [1.54, 1.807) is 36.3 Å². The van der Waals surface area contributed by atoms with Crippen LogP contribution in [0.5, 0.6) is 11.6 Å². The second kappa shape index (κ2) is 6.74. The molecule has 0 unspecified atom stereocenters. The number of likely N-dealkylation sites (tertiary alicyclic amines) is 1. The van der Waals surface area contributed by atoms with Crippen molar-refractivity contribution in [3.63, 3.8) is 0 Å². The zero-order valence-electron chi connectivity index (χ0n) is 13.7. The maximum absolute atomic E-state index is 12.5. The number of carbonyl (C=O) groups is 1. The molecule has 0 aliphatic carbocycles. The summed E-state index contributed by atoms with van der Waals surface area (Å²) in [5.74, 6) is 0.637. The lowest BCUT2D eigenvalue weighted by Gasteiger charge is -2.16. The fraction of sp³-hybridized carbons (Fsp3) is 0.353. The first-order valence-electron chi connectivity index (χ1n) is 7.76. The molecule has 24 heavy (non-hydrogen) atoms. The summed E-state index contributed by atoms with van der Waals surface area (Å²) in [4.78, 5) is 26.5. The van der Waals surface area contributed by atoms with E-state index in [0.717, 1.165) is 12.8 Å². The van der Waals surface area contributed by atoms with Crippen molar-refractivity contribution >= 4 is 5.91 Å². The molecule has 1 aromatic carbocycles. The molecule has 2 aromatic rings. The normalized spacial score (nSPS) is 13.8. The van der Waals surface area contributed by atoms with Gasteiger partial charge in [-0.1, -0.05) is 0 Å². The third-order valence-corrected chi connectivity index (χ3v) is 4.02. The number of benzene rings is 1. The van der Waals surface area contributed by atoms with Gasteiger partial charge in [-0.05, 0) is 37.1 Å². The second-order valence-electron chi connectivity index (χ2n) is 5.51. The number of aromatic nitrogens is 2. The van der Waals surface area contributed by atoms with Crippen molar-refractivity contribution in [3.8, 4) is 17.3 Å². The molecule has 1 fully saturated rings. The van der Waals surface area contributed by atoms with Crippen molar-refractivity contribution in [2.45, 2.75) is 12.8 Å². The zero-order chi connectivity index (χ0) is 17.1. The number of carbonyl (C=O) groups excluding carboxylic acids is 1. The van der Waals surface area contributed by atoms with E-state index in [1.807, 2.05) is 0 Å². The van der Waals surface area contributed by atoms with Crippen LogP contribution in [0, 0.1) is 0 Å². The van der Waals surface area contributed by atoms with Gasteiger partial charge < -0.3 is 14.4 Å². The molecule has 0 N–H and O–H groups in total. The minimum atomic E-state index is -0.437. The molecule has 1 aliphatic heterocycles. The van der Waals surface area contributed by atoms with Gasteiger partial charge in [0.1, 0.15) is 5.75 Å². The Bertz CT molecular complexity index is 792. The van der Waals surface area contributed by atoms with E-state index in [0.29, 0.717) is 24.5 Å². The molecule has 0 saturated carbocycles. The Morgan fingerprint density at radius 1 is 1.08 bits per heavy atom. The van der Waals surface area contributed by atoms with Crippen LogP contribution in [0.15, 0.2) is 35.1 Å². The molecule has 1 aromatic heterocycles. The Balaban J connectivity index is 2.05. The molecule has 7 nitrogen and oxygen atoms in total. The lowest BCUT2D eigenvalue weighted by Crippen LogP contribution is -2.34. The molecule has 0 bridgehead atoms. The maximum Gasteiger partial charge on any atom is 0.278 e. The lowest BCUT2D eigenvalue weighted by atomic mass is 10.3. The molecule has 0 atom stereocenters. The summed E-state index contributed by atoms with van der Waals surface area (Å²) in [7, 11) is 3.04. The highest BCUT2D eigenvalue weighted by Crippen LogP contribution is 2.19. The summed E-state index contributed by atoms with van der Waals surface area (Å²) in [5.41, 5.74) is 0.144. The maximum atomic E-state index is 12.5. The van der Waals surface area contributed by atoms with Gasteiger partial charge in [0, 0.05) is 13.1 Å². The second-order valence-corrected chi connectivity index (χ2v) is 5.51. The van der Waals surface area contributed by atoms with Gasteiger partial charge in [-0.3, -0.25) is 9.59 Å². The van der Waals surface area contributed by atoms with Crippen LogP contribution in [0.4, 0.5) is 0 Å². The minimum absolute atomic E-state index is 0.0893. The van der Waals surface area contributed by atoms with Crippen LogP contribution < -0.4 is 14.9 Å². The predicted octanol–water partition coefficient (Wildman–Crippen LogP) is 1.49. The fourth-order valence-corrected chi connectivity index (χ4v) is 2.71. The first kappa shape index (κ1) is 16.0. The summed E-state index contributed by atoms with van der Waals surface area (Å²) in [6, 6.07) is 8.40. The molecule has 1 aliphatic rings. The number of ether oxygens (including phenoxy) is 2. The van der Waals surface area contributed by atoms with Gasteiger partial charge in [-0.2, -0.15) is 5.10 Å². The zero-order valence-corrected chi connectivity index (χ0v) is 13.7. The first-order valence-corrected chi connectivity index (χ1v) is 7.76. The Kier molecular flexibility index (Phi) is 4.50. The Morgan fingerprint density at radius 3 is 2.33 bits per heavy atom. The first-order chi connectivity index (χ1) is 11.6. The number of amides is 1. The van der Waals surface area contributed by atoms with E-state index in [-0.39, 0.29) is 17.5 Å². The lowest BCUT2D eigenvalue weighted by molar-refractivity contribution is 0.0783. The molecule has 3 rings (SSSR count). The summed E-state index contributed by atoms with van der Waals surface area (Å²) in [5, 5.41) is 4.26. The van der Waals surface area contributed by atoms with Crippen LogP contribution in [0.3, 0.4) is 0 Å². The quantitative estimate of drug-likeness (QED) is 0.849. The monoisotopic (exact) mass is 329 g/mol. The van der Waals surface area contributed by atoms with E-state index in [4.69, 9.17) is 9.47 Å². The van der Waals surface area contributed by atoms with E-state index in [2.05, 4.69) is 5.10 Å². The van der Waals surface area contributed by atoms with Gasteiger partial charge in [0.2, 0.25) is 11.3 Å². The molecular weight excluding hydrogens is 310 g/mol. The van der Waals surface area contributed by atoms with Crippen LogP contribution in [0.1, 0.15) is 23.3 Å². The van der Waals surface area contributed by atoms with Gasteiger partial charge >= 0.3 is 0 Å². The third kappa shape index (κ3) is 2.97. The predicted molar refractivity (Wildman–Crippen MR) is 88.1 cm³/mol. The fourth-order valence-electron chi connectivity index (χ4n) is 2.71. The molecule has 0 spiro atoms. The van der Waals surface area contributed by atoms with Crippen LogP contribution in [0.2, 0.25) is 0 Å². The Labute approximate surface area is 139 Å². The molecule has 0 radical (unpaired) electrons. The highest BCUT2D eigenvalue weighted by atomic mass is 16.5. The topological polar surface area (TPSA) is 73.7 Å². The van der Waals surface area contributed by atoms with Crippen LogP contribution >= 0.6 is 0 Å². The minimum Gasteiger partial charge on any atom is -0.497 e. The summed E-state index contributed by atoms with van der Waals surface area (Å²) < 4.78 is 11.8. The summed E-state index contributed by atoms with van der Waals surface area (Å²) in [6.07, 6.45) is 1.91. The number of methoxy groups -OCH3 is 2. The van der Waals surface area contributed by atoms with E-state index < -0.39 is 5.43 Å². The summed E-state index contributed by atoms with van der Waals surface area (Å²) >= 11 is 0. The van der Waals surface area contributed by atoms with E-state index >= 15 is 0 Å². The molecule has 7 heteroatoms. The molecule has 1 amide bonds. The van der Waals surface area contributed by atoms with Gasteiger partial charge in [0.25, 0.3) is 5.91 Å². The Morgan fingerprint density at radius 2 is 1.75 bits per heavy atom. The largest absolute Gasteiger partial charge is 0.497 e. The SMILES string of the molecule is COc1ccc(-n2nc(C(=O)N3CCCC3)c(=O)cc2OC)cc1. The van der Waals surface area contributed by atoms with Gasteiger partial charge in [-0.15, -0.1) is 0 Å². The molecule has 1 saturated heterocycles. The Hall–Kier alpha value is -2.83. The highest BCUT2D eigenvalue weighted by molar-refractivity contribution is 5.92. The van der Waals surface area contributed by atoms with Crippen molar-refractivity contribution < 1.29 is 14.3 Å². The van der Waals surface area contributed by atoms with E-state index in [9.17, 15) is 9.59 Å². The average Bonchev–Trinajstić information content (AvgIpc) is 3.15. The van der Waals surface area contributed by atoms with Gasteiger partial charge in [0.15, 0.2) is 5.69 Å². The standard InChI is InChI=1S/C17H19N3O4/c1-23-13-7-5-12(6-8-13)20-15(24-2)11-14(21)16(18-20)17(22)19-9-3-4-10-19/h5-8,11H,3-4,9-10H2,1-2H3. The average molecular weight is 329 g/mol. The van der Waals surface area contributed by atoms with Crippen LogP contribution in [-0.2, 0) is 0 Å². The van der Waals surface area contributed by atoms with Crippen LogP contribution in [-0.4, -0.2) is 47.9 Å². The third-order valence-electron chi connectivity index (χ3n) is 4.02. The molecule has 2 heterocycles. The van der Waals surface area contributed by atoms with Crippen LogP contribution in [0.25, 0.3) is 5.69 Å². The number of hydrogen-bond acceptors (Lipinski definition) is 5. The molecule has 126 valence electrons. The van der Waals surface area contributed by atoms with Crippen molar-refractivity contribution in [2.75, 3.05) is 27.3 Å². The summed E-state index contributed by atoms with van der Waals surface area (Å²) in [6.45, 7) is 1.32. The van der Waals surface area contributed by atoms with Crippen molar-refractivity contribution in [3.05, 3.63) is 46.2 Å². The van der Waals surface area contributed by atoms with E-state index in [1.165, 1.54) is 17.9 Å². The van der Waals surface area contributed by atoms with Crippen molar-refractivity contribution in [1.82, 2.24) is 14.7 Å². The van der Waals surface area contributed by atoms with Crippen molar-refractivity contribution in [2.24, 2.45) is 0 Å². The smallest absolute Gasteiger partial charge is 0.278 e. The highest BCUT2D eigenvalue weighted by Gasteiger charge is 2.24. The number of rotatable bonds is 4. The number of nitrogens with zero attached hydrogens (tertiary/aromatic N) is 3.